The standard InChI is InChI=1S/C51H37N3OS/c1-30-23-25-36(31(2)27-30)41-18-10-20-43-42-19-9-17-38(47(42)56-48(41)43)33-13-7-14-34(28-33)49-52-50(35-24-26-40-39-16-5-6-22-45(39)55-46(40)29-35)54-51(53-49)44-21-8-12-32-11-3-4-15-37(32)44/h3-22,24-26,28-31H,23,27H2,1-2H3. The van der Waals surface area contributed by atoms with Crippen LogP contribution in [0, 0.1) is 11.8 Å². The minimum Gasteiger partial charge on any atom is -0.456 e. The molecule has 0 radical (unpaired) electrons. The van der Waals surface area contributed by atoms with Crippen molar-refractivity contribution in [1.29, 1.82) is 0 Å². The molecule has 10 aromatic rings. The van der Waals surface area contributed by atoms with Crippen LogP contribution in [0.1, 0.15) is 32.3 Å². The number of para-hydroxylation sites is 1. The molecule has 2 atom stereocenters. The molecule has 7 aromatic carbocycles. The first kappa shape index (κ1) is 33.0. The summed E-state index contributed by atoms with van der Waals surface area (Å²) in [6.07, 6.45) is 4.88. The number of nitrogens with zero attached hydrogens (tertiary/aromatic N) is 3. The van der Waals surface area contributed by atoms with Gasteiger partial charge in [0.15, 0.2) is 17.5 Å². The van der Waals surface area contributed by atoms with E-state index in [0.29, 0.717) is 23.4 Å². The minimum absolute atomic E-state index is 0.551. The Morgan fingerprint density at radius 2 is 1.11 bits per heavy atom. The van der Waals surface area contributed by atoms with Crippen molar-refractivity contribution in [3.8, 4) is 45.3 Å². The lowest BCUT2D eigenvalue weighted by Gasteiger charge is -2.25. The molecule has 11 rings (SSSR count). The lowest BCUT2D eigenvalue weighted by Crippen LogP contribution is -2.10. The zero-order valence-electron chi connectivity index (χ0n) is 31.2. The van der Waals surface area contributed by atoms with Gasteiger partial charge in [0.1, 0.15) is 11.2 Å². The Labute approximate surface area is 328 Å². The molecule has 0 fully saturated rings. The monoisotopic (exact) mass is 739 g/mol. The van der Waals surface area contributed by atoms with E-state index in [1.54, 1.807) is 0 Å². The van der Waals surface area contributed by atoms with Gasteiger partial charge < -0.3 is 4.42 Å². The second kappa shape index (κ2) is 13.1. The molecule has 0 spiro atoms. The van der Waals surface area contributed by atoms with E-state index in [-0.39, 0.29) is 0 Å². The van der Waals surface area contributed by atoms with Gasteiger partial charge in [0.2, 0.25) is 0 Å². The number of furan rings is 1. The molecule has 0 saturated carbocycles. The summed E-state index contributed by atoms with van der Waals surface area (Å²) in [5.74, 6) is 3.15. The minimum atomic E-state index is 0.551. The van der Waals surface area contributed by atoms with Gasteiger partial charge in [-0.05, 0) is 82.0 Å². The van der Waals surface area contributed by atoms with E-state index >= 15 is 0 Å². The smallest absolute Gasteiger partial charge is 0.164 e. The fraction of sp³-hybridized carbons (Fsp3) is 0.118. The van der Waals surface area contributed by atoms with Crippen LogP contribution in [0.2, 0.25) is 0 Å². The maximum Gasteiger partial charge on any atom is 0.164 e. The largest absolute Gasteiger partial charge is 0.456 e. The second-order valence-electron chi connectivity index (χ2n) is 15.3. The van der Waals surface area contributed by atoms with Gasteiger partial charge in [0, 0.05) is 47.6 Å². The second-order valence-corrected chi connectivity index (χ2v) is 16.3. The Balaban J connectivity index is 1.07. The van der Waals surface area contributed by atoms with Gasteiger partial charge >= 0.3 is 0 Å². The average Bonchev–Trinajstić information content (AvgIpc) is 3.82. The number of rotatable bonds is 5. The van der Waals surface area contributed by atoms with Gasteiger partial charge in [-0.2, -0.15) is 0 Å². The highest BCUT2D eigenvalue weighted by Gasteiger charge is 2.23. The fourth-order valence-corrected chi connectivity index (χ4v) is 10.2. The van der Waals surface area contributed by atoms with Gasteiger partial charge in [0.05, 0.1) is 0 Å². The van der Waals surface area contributed by atoms with E-state index < -0.39 is 0 Å². The molecule has 56 heavy (non-hydrogen) atoms. The maximum absolute atomic E-state index is 6.30. The fourth-order valence-electron chi connectivity index (χ4n) is 8.87. The number of fused-ring (bicyclic) bond motifs is 7. The van der Waals surface area contributed by atoms with Gasteiger partial charge in [-0.25, -0.2) is 15.0 Å². The summed E-state index contributed by atoms with van der Waals surface area (Å²) < 4.78 is 8.98. The molecule has 0 bridgehead atoms. The zero-order valence-corrected chi connectivity index (χ0v) is 32.0. The number of hydrogen-bond donors (Lipinski definition) is 0. The molecule has 0 amide bonds. The first-order chi connectivity index (χ1) is 27.6. The van der Waals surface area contributed by atoms with Crippen LogP contribution in [-0.2, 0) is 0 Å². The van der Waals surface area contributed by atoms with Crippen LogP contribution < -0.4 is 0 Å². The van der Waals surface area contributed by atoms with Gasteiger partial charge in [-0.15, -0.1) is 11.3 Å². The Morgan fingerprint density at radius 1 is 0.500 bits per heavy atom. The molecule has 268 valence electrons. The van der Waals surface area contributed by atoms with E-state index in [1.807, 2.05) is 29.5 Å². The maximum atomic E-state index is 6.30. The first-order valence-electron chi connectivity index (χ1n) is 19.5. The molecule has 1 aliphatic carbocycles. The van der Waals surface area contributed by atoms with Gasteiger partial charge in [-0.3, -0.25) is 0 Å². The van der Waals surface area contributed by atoms with Crippen molar-refractivity contribution in [1.82, 2.24) is 15.0 Å². The Morgan fingerprint density at radius 3 is 1.95 bits per heavy atom. The Bertz CT molecular complexity index is 3200. The van der Waals surface area contributed by atoms with Crippen molar-refractivity contribution in [3.63, 3.8) is 0 Å². The van der Waals surface area contributed by atoms with E-state index in [9.17, 15) is 0 Å². The zero-order chi connectivity index (χ0) is 37.3. The Kier molecular flexibility index (Phi) is 7.71. The van der Waals surface area contributed by atoms with Crippen LogP contribution in [0.4, 0.5) is 0 Å². The van der Waals surface area contributed by atoms with Crippen LogP contribution in [0.15, 0.2) is 156 Å². The third kappa shape index (κ3) is 5.45. The quantitative estimate of drug-likeness (QED) is 0.176. The average molecular weight is 740 g/mol. The number of thiophene rings is 1. The molecule has 4 nitrogen and oxygen atoms in total. The van der Waals surface area contributed by atoms with Gasteiger partial charge in [-0.1, -0.05) is 141 Å². The summed E-state index contributed by atoms with van der Waals surface area (Å²) >= 11 is 1.92. The summed E-state index contributed by atoms with van der Waals surface area (Å²) in [4.78, 5) is 15.5. The summed E-state index contributed by atoms with van der Waals surface area (Å²) in [5.41, 5.74) is 9.70. The summed E-state index contributed by atoms with van der Waals surface area (Å²) in [6.45, 7) is 4.76. The molecule has 5 heteroatoms. The normalized spacial score (nSPS) is 16.0. The highest BCUT2D eigenvalue weighted by atomic mass is 32.1. The van der Waals surface area contributed by atoms with Crippen LogP contribution in [0.25, 0.3) is 104 Å². The van der Waals surface area contributed by atoms with Gasteiger partial charge in [0.25, 0.3) is 0 Å². The molecule has 0 aliphatic heterocycles. The van der Waals surface area contributed by atoms with Crippen molar-refractivity contribution in [3.05, 3.63) is 157 Å². The molecule has 3 heterocycles. The van der Waals surface area contributed by atoms with Crippen molar-refractivity contribution in [2.75, 3.05) is 0 Å². The molecule has 2 unspecified atom stereocenters. The van der Waals surface area contributed by atoms with E-state index in [2.05, 4.69) is 147 Å². The van der Waals surface area contributed by atoms with Crippen LogP contribution in [0.5, 0.6) is 0 Å². The molecule has 0 N–H and O–H groups in total. The van der Waals surface area contributed by atoms with Crippen LogP contribution in [0.3, 0.4) is 0 Å². The molecule has 0 saturated heterocycles. The summed E-state index contributed by atoms with van der Waals surface area (Å²) in [6, 6.07) is 51.4. The first-order valence-corrected chi connectivity index (χ1v) is 20.3. The van der Waals surface area contributed by atoms with E-state index in [1.165, 1.54) is 43.3 Å². The van der Waals surface area contributed by atoms with Crippen molar-refractivity contribution < 1.29 is 4.42 Å². The molecule has 3 aromatic heterocycles. The van der Waals surface area contributed by atoms with E-state index in [4.69, 9.17) is 19.4 Å². The number of benzene rings is 7. The van der Waals surface area contributed by atoms with Crippen LogP contribution >= 0.6 is 11.3 Å². The number of allylic oxidation sites excluding steroid dienone is 2. The predicted octanol–water partition coefficient (Wildman–Crippen LogP) is 14.4. The third-order valence-corrected chi connectivity index (χ3v) is 12.9. The van der Waals surface area contributed by atoms with Crippen molar-refractivity contribution in [2.24, 2.45) is 11.8 Å². The predicted molar refractivity (Wildman–Crippen MR) is 235 cm³/mol. The lowest BCUT2D eigenvalue weighted by molar-refractivity contribution is 0.460. The molecular weight excluding hydrogens is 703 g/mol. The van der Waals surface area contributed by atoms with Crippen molar-refractivity contribution in [2.45, 2.75) is 26.7 Å². The topological polar surface area (TPSA) is 51.8 Å². The SMILES string of the molecule is CC1CC=C(c2cccc3c2sc2c(-c4cccc(-c5nc(-c6ccc7c(c6)oc6ccccc67)nc(-c6cccc7ccccc67)n5)c4)cccc23)C(C)C1. The highest BCUT2D eigenvalue weighted by Crippen LogP contribution is 2.46. The number of aromatic nitrogens is 3. The van der Waals surface area contributed by atoms with Crippen molar-refractivity contribution >= 4 is 69.8 Å². The van der Waals surface area contributed by atoms with Crippen LogP contribution in [-0.4, -0.2) is 15.0 Å². The third-order valence-electron chi connectivity index (χ3n) is 11.6. The lowest BCUT2D eigenvalue weighted by atomic mass is 9.80. The summed E-state index contributed by atoms with van der Waals surface area (Å²) in [7, 11) is 0. The summed E-state index contributed by atoms with van der Waals surface area (Å²) in [5, 5.41) is 7.04. The molecule has 1 aliphatic rings. The molecular formula is C51H37N3OS. The highest BCUT2D eigenvalue weighted by molar-refractivity contribution is 7.26. The van der Waals surface area contributed by atoms with E-state index in [0.717, 1.165) is 67.3 Å². The number of hydrogen-bond acceptors (Lipinski definition) is 5. The Hall–Kier alpha value is -6.43.